The van der Waals surface area contributed by atoms with E-state index in [1.54, 1.807) is 0 Å². The summed E-state index contributed by atoms with van der Waals surface area (Å²) in [5.41, 5.74) is 3.96. The zero-order chi connectivity index (χ0) is 23.9. The number of aliphatic carboxylic acids is 1. The molecule has 0 saturated heterocycles. The van der Waals surface area contributed by atoms with Crippen LogP contribution in [-0.4, -0.2) is 41.8 Å². The summed E-state index contributed by atoms with van der Waals surface area (Å²) in [6, 6.07) is 16.4. The molecule has 5 rings (SSSR count). The average Bonchev–Trinajstić information content (AvgIpc) is 3.72. The first kappa shape index (κ1) is 22.4. The molecule has 0 radical (unpaired) electrons. The summed E-state index contributed by atoms with van der Waals surface area (Å²) < 4.78 is 5.70. The van der Waals surface area contributed by atoms with E-state index in [9.17, 15) is 14.4 Å². The Hall–Kier alpha value is -3.35. The fourth-order valence-electron chi connectivity index (χ4n) is 5.30. The highest BCUT2D eigenvalue weighted by molar-refractivity contribution is 5.80. The molecule has 34 heavy (non-hydrogen) atoms. The number of carboxylic acids is 1. The molecule has 2 fully saturated rings. The van der Waals surface area contributed by atoms with Gasteiger partial charge in [0.1, 0.15) is 6.61 Å². The van der Waals surface area contributed by atoms with Crippen molar-refractivity contribution in [2.45, 2.75) is 44.1 Å². The summed E-state index contributed by atoms with van der Waals surface area (Å²) in [4.78, 5) is 36.4. The van der Waals surface area contributed by atoms with Crippen molar-refractivity contribution < 1.29 is 24.2 Å². The Bertz CT molecular complexity index is 1080. The molecule has 0 spiro atoms. The van der Waals surface area contributed by atoms with Crippen molar-refractivity contribution in [1.82, 2.24) is 10.6 Å². The van der Waals surface area contributed by atoms with Crippen molar-refractivity contribution in [3.8, 4) is 11.1 Å². The summed E-state index contributed by atoms with van der Waals surface area (Å²) in [5, 5.41) is 14.8. The van der Waals surface area contributed by atoms with Gasteiger partial charge < -0.3 is 20.5 Å². The Morgan fingerprint density at radius 2 is 1.65 bits per heavy atom. The number of benzene rings is 2. The van der Waals surface area contributed by atoms with Crippen LogP contribution in [0.25, 0.3) is 11.1 Å². The number of carbonyl (C=O) groups is 3. The maximum atomic E-state index is 12.8. The molecule has 3 atom stereocenters. The van der Waals surface area contributed by atoms with Crippen molar-refractivity contribution in [3.63, 3.8) is 0 Å². The Kier molecular flexibility index (Phi) is 5.80. The lowest BCUT2D eigenvalue weighted by Gasteiger charge is -2.30. The molecule has 7 heteroatoms. The van der Waals surface area contributed by atoms with Gasteiger partial charge in [-0.2, -0.15) is 0 Å². The third-order valence-electron chi connectivity index (χ3n) is 7.54. The van der Waals surface area contributed by atoms with Crippen LogP contribution in [0.1, 0.15) is 49.7 Å². The van der Waals surface area contributed by atoms with Crippen LogP contribution in [0.2, 0.25) is 0 Å². The summed E-state index contributed by atoms with van der Waals surface area (Å²) in [6.45, 7) is 2.48. The highest BCUT2D eigenvalue weighted by Gasteiger charge is 2.46. The molecule has 2 saturated carbocycles. The molecule has 3 aliphatic carbocycles. The van der Waals surface area contributed by atoms with Crippen LogP contribution in [0, 0.1) is 17.8 Å². The van der Waals surface area contributed by atoms with Crippen LogP contribution in [0.3, 0.4) is 0 Å². The number of hydrogen-bond acceptors (Lipinski definition) is 4. The molecule has 2 aromatic rings. The number of fused-ring (bicyclic) bond motifs is 3. The van der Waals surface area contributed by atoms with E-state index in [4.69, 9.17) is 9.84 Å². The number of rotatable bonds is 9. The van der Waals surface area contributed by atoms with Gasteiger partial charge in [-0.15, -0.1) is 0 Å². The van der Waals surface area contributed by atoms with Crippen LogP contribution in [-0.2, 0) is 14.3 Å². The molecule has 0 aliphatic heterocycles. The van der Waals surface area contributed by atoms with E-state index >= 15 is 0 Å². The molecule has 178 valence electrons. The fraction of sp³-hybridized carbons (Fsp3) is 0.444. The van der Waals surface area contributed by atoms with Crippen molar-refractivity contribution in [1.29, 1.82) is 0 Å². The number of amides is 2. The SMILES string of the molecule is CC(CC(=O)NC[C@@H]1C[C@@H]1C(=O)O)(NC(=O)OCC1c2ccccc2-c2ccccc21)C1CC1. The van der Waals surface area contributed by atoms with E-state index in [2.05, 4.69) is 34.9 Å². The zero-order valence-electron chi connectivity index (χ0n) is 19.3. The van der Waals surface area contributed by atoms with E-state index in [0.29, 0.717) is 13.0 Å². The minimum absolute atomic E-state index is 0.00345. The Morgan fingerprint density at radius 1 is 1.03 bits per heavy atom. The number of ether oxygens (including phenoxy) is 1. The first-order valence-electron chi connectivity index (χ1n) is 12.0. The summed E-state index contributed by atoms with van der Waals surface area (Å²) in [6.07, 6.45) is 2.14. The maximum absolute atomic E-state index is 12.8. The molecule has 0 aromatic heterocycles. The van der Waals surface area contributed by atoms with Gasteiger partial charge in [-0.05, 0) is 60.3 Å². The Morgan fingerprint density at radius 3 is 2.21 bits per heavy atom. The molecule has 2 aromatic carbocycles. The fourth-order valence-corrected chi connectivity index (χ4v) is 5.30. The molecule has 2 amide bonds. The molecule has 0 heterocycles. The molecule has 1 unspecified atom stereocenters. The van der Waals surface area contributed by atoms with Crippen molar-refractivity contribution in [3.05, 3.63) is 59.7 Å². The van der Waals surface area contributed by atoms with Gasteiger partial charge in [0.15, 0.2) is 0 Å². The largest absolute Gasteiger partial charge is 0.481 e. The van der Waals surface area contributed by atoms with Crippen LogP contribution in [0.5, 0.6) is 0 Å². The minimum atomic E-state index is -0.806. The lowest BCUT2D eigenvalue weighted by molar-refractivity contribution is -0.139. The monoisotopic (exact) mass is 462 g/mol. The van der Waals surface area contributed by atoms with E-state index in [1.165, 1.54) is 11.1 Å². The van der Waals surface area contributed by atoms with Crippen LogP contribution in [0.4, 0.5) is 4.79 Å². The average molecular weight is 463 g/mol. The standard InChI is InChI=1S/C27H30N2O5/c1-27(17-10-11-17,13-24(30)28-14-16-12-22(16)25(31)32)29-26(33)34-15-23-20-8-4-2-6-18(20)19-7-3-5-9-21(19)23/h2-9,16-17,22-23H,10-15H2,1H3,(H,28,30)(H,29,33)(H,31,32)/t16-,22-,27?/m0/s1. The molecule has 7 nitrogen and oxygen atoms in total. The molecule has 0 bridgehead atoms. The highest BCUT2D eigenvalue weighted by Crippen LogP contribution is 2.45. The number of hydrogen-bond donors (Lipinski definition) is 3. The third kappa shape index (κ3) is 4.52. The number of carbonyl (C=O) groups excluding carboxylic acids is 2. The van der Waals surface area contributed by atoms with Gasteiger partial charge in [0.25, 0.3) is 0 Å². The molecule has 3 N–H and O–H groups in total. The van der Waals surface area contributed by atoms with Gasteiger partial charge in [0, 0.05) is 18.9 Å². The second-order valence-electron chi connectivity index (χ2n) is 10.1. The first-order valence-corrected chi connectivity index (χ1v) is 12.0. The molecule has 3 aliphatic rings. The van der Waals surface area contributed by atoms with E-state index in [0.717, 1.165) is 24.0 Å². The quantitative estimate of drug-likeness (QED) is 0.524. The van der Waals surface area contributed by atoms with Gasteiger partial charge >= 0.3 is 12.1 Å². The van der Waals surface area contributed by atoms with Gasteiger partial charge in [0.05, 0.1) is 11.5 Å². The van der Waals surface area contributed by atoms with E-state index < -0.39 is 17.6 Å². The third-order valence-corrected chi connectivity index (χ3v) is 7.54. The second-order valence-corrected chi connectivity index (χ2v) is 10.1. The van der Waals surface area contributed by atoms with E-state index in [1.807, 2.05) is 31.2 Å². The van der Waals surface area contributed by atoms with Crippen LogP contribution in [0.15, 0.2) is 48.5 Å². The second kappa shape index (κ2) is 8.78. The number of carboxylic acid groups (broad SMARTS) is 1. The van der Waals surface area contributed by atoms with Gasteiger partial charge in [-0.25, -0.2) is 4.79 Å². The van der Waals surface area contributed by atoms with Gasteiger partial charge in [0.2, 0.25) is 5.91 Å². The number of nitrogens with one attached hydrogen (secondary N) is 2. The smallest absolute Gasteiger partial charge is 0.407 e. The summed E-state index contributed by atoms with van der Waals surface area (Å²) in [5.74, 6) is -1.12. The molecular weight excluding hydrogens is 432 g/mol. The summed E-state index contributed by atoms with van der Waals surface area (Å²) in [7, 11) is 0. The first-order chi connectivity index (χ1) is 16.4. The van der Waals surface area contributed by atoms with Crippen molar-refractivity contribution in [2.24, 2.45) is 17.8 Å². The summed E-state index contributed by atoms with van der Waals surface area (Å²) >= 11 is 0. The Balaban J connectivity index is 1.18. The maximum Gasteiger partial charge on any atom is 0.407 e. The van der Waals surface area contributed by atoms with Gasteiger partial charge in [-0.3, -0.25) is 9.59 Å². The highest BCUT2D eigenvalue weighted by atomic mass is 16.5. The minimum Gasteiger partial charge on any atom is -0.481 e. The predicted molar refractivity (Wildman–Crippen MR) is 126 cm³/mol. The van der Waals surface area contributed by atoms with Crippen molar-refractivity contribution in [2.75, 3.05) is 13.2 Å². The van der Waals surface area contributed by atoms with Crippen LogP contribution < -0.4 is 10.6 Å². The zero-order valence-corrected chi connectivity index (χ0v) is 19.3. The van der Waals surface area contributed by atoms with E-state index in [-0.39, 0.29) is 42.6 Å². The van der Waals surface area contributed by atoms with Gasteiger partial charge in [-0.1, -0.05) is 48.5 Å². The number of alkyl carbamates (subject to hydrolysis) is 1. The molecular formula is C27H30N2O5. The lowest BCUT2D eigenvalue weighted by atomic mass is 9.91. The topological polar surface area (TPSA) is 105 Å². The van der Waals surface area contributed by atoms with Crippen molar-refractivity contribution >= 4 is 18.0 Å². The Labute approximate surface area is 198 Å². The normalized spacial score (nSPS) is 22.1. The lowest BCUT2D eigenvalue weighted by Crippen LogP contribution is -2.51. The predicted octanol–water partition coefficient (Wildman–Crippen LogP) is 3.92. The van der Waals surface area contributed by atoms with Crippen LogP contribution >= 0.6 is 0 Å².